The van der Waals surface area contributed by atoms with Crippen molar-refractivity contribution in [2.75, 3.05) is 0 Å². The molecule has 2 unspecified atom stereocenters. The Hall–Kier alpha value is -1.63. The van der Waals surface area contributed by atoms with E-state index in [0.717, 1.165) is 12.1 Å². The molecular weight excluding hydrogens is 338 g/mol. The van der Waals surface area contributed by atoms with E-state index in [0.29, 0.717) is 5.56 Å². The van der Waals surface area contributed by atoms with Gasteiger partial charge in [-0.25, -0.2) is 4.98 Å². The average Bonchev–Trinajstić information content (AvgIpc) is 2.96. The monoisotopic (exact) mass is 351 g/mol. The van der Waals surface area contributed by atoms with Gasteiger partial charge >= 0.3 is 12.1 Å². The maximum atomic E-state index is 12.9. The Bertz CT molecular complexity index is 643. The van der Waals surface area contributed by atoms with E-state index in [1.807, 2.05) is 0 Å². The maximum Gasteiger partial charge on any atom is 0.426 e. The molecule has 0 amide bonds. The second kappa shape index (κ2) is 6.11. The fourth-order valence-electron chi connectivity index (χ4n) is 2.47. The number of hydrogen-bond acceptors (Lipinski definition) is 3. The molecule has 1 fully saturated rings. The number of pyridine rings is 1. The predicted octanol–water partition coefficient (Wildman–Crippen LogP) is 4.22. The molecule has 0 aliphatic heterocycles. The zero-order valence-electron chi connectivity index (χ0n) is 12.3. The Morgan fingerprint density at radius 2 is 2.13 bits per heavy atom. The lowest BCUT2D eigenvalue weighted by atomic mass is 10.1. The zero-order valence-corrected chi connectivity index (χ0v) is 13.1. The van der Waals surface area contributed by atoms with Crippen molar-refractivity contribution in [3.05, 3.63) is 40.9 Å². The molecule has 1 aliphatic rings. The van der Waals surface area contributed by atoms with Gasteiger partial charge in [-0.1, -0.05) is 31.5 Å². The van der Waals surface area contributed by atoms with E-state index in [1.165, 1.54) is 12.3 Å². The van der Waals surface area contributed by atoms with E-state index < -0.39 is 40.4 Å². The van der Waals surface area contributed by atoms with Crippen molar-refractivity contribution in [1.82, 2.24) is 4.98 Å². The third-order valence-corrected chi connectivity index (χ3v) is 4.27. The van der Waals surface area contributed by atoms with Crippen LogP contribution in [0.2, 0.25) is 0 Å². The molecule has 1 aromatic heterocycles. The number of halogens is 5. The standard InChI is InChI=1S/C15H14ClF4NO2/c1-14(2)9(6-10(16)15(18,19)20)12(14)13(22)23-7-8-3-4-21-11(17)5-8/h3-6,9,12H,7H2,1-2H3. The minimum absolute atomic E-state index is 0.172. The summed E-state index contributed by atoms with van der Waals surface area (Å²) in [6.07, 6.45) is -2.56. The van der Waals surface area contributed by atoms with Crippen LogP contribution in [0.5, 0.6) is 0 Å². The molecule has 1 aromatic rings. The molecular formula is C15H14ClF4NO2. The van der Waals surface area contributed by atoms with Crippen molar-refractivity contribution >= 4 is 17.6 Å². The summed E-state index contributed by atoms with van der Waals surface area (Å²) >= 11 is 5.21. The van der Waals surface area contributed by atoms with Crippen LogP contribution in [0.15, 0.2) is 29.4 Å². The lowest BCUT2D eigenvalue weighted by Crippen LogP contribution is -2.11. The van der Waals surface area contributed by atoms with E-state index in [2.05, 4.69) is 4.98 Å². The molecule has 1 heterocycles. The van der Waals surface area contributed by atoms with Crippen LogP contribution in [0.1, 0.15) is 19.4 Å². The van der Waals surface area contributed by atoms with Gasteiger partial charge in [-0.3, -0.25) is 4.79 Å². The number of nitrogens with zero attached hydrogens (tertiary/aromatic N) is 1. The second-order valence-electron chi connectivity index (χ2n) is 5.93. The molecule has 126 valence electrons. The number of carbonyl (C=O) groups excluding carboxylic acids is 1. The number of hydrogen-bond donors (Lipinski definition) is 0. The summed E-state index contributed by atoms with van der Waals surface area (Å²) in [6.45, 7) is 3.15. The van der Waals surface area contributed by atoms with Crippen LogP contribution in [0.4, 0.5) is 17.6 Å². The molecule has 23 heavy (non-hydrogen) atoms. The normalized spacial score (nSPS) is 23.5. The van der Waals surface area contributed by atoms with Gasteiger partial charge in [0.1, 0.15) is 11.6 Å². The molecule has 8 heteroatoms. The van der Waals surface area contributed by atoms with Gasteiger partial charge in [0, 0.05) is 6.20 Å². The quantitative estimate of drug-likeness (QED) is 0.463. The van der Waals surface area contributed by atoms with Gasteiger partial charge in [-0.15, -0.1) is 0 Å². The van der Waals surface area contributed by atoms with Crippen molar-refractivity contribution < 1.29 is 27.1 Å². The van der Waals surface area contributed by atoms with Crippen LogP contribution in [0.3, 0.4) is 0 Å². The molecule has 0 N–H and O–H groups in total. The van der Waals surface area contributed by atoms with Crippen LogP contribution in [0.25, 0.3) is 0 Å². The molecule has 0 bridgehead atoms. The van der Waals surface area contributed by atoms with Crippen LogP contribution < -0.4 is 0 Å². The van der Waals surface area contributed by atoms with E-state index in [4.69, 9.17) is 16.3 Å². The number of allylic oxidation sites excluding steroid dienone is 2. The van der Waals surface area contributed by atoms with E-state index in [1.54, 1.807) is 13.8 Å². The summed E-state index contributed by atoms with van der Waals surface area (Å²) in [7, 11) is 0. The Kier molecular flexibility index (Phi) is 4.71. The Morgan fingerprint density at radius 3 is 2.70 bits per heavy atom. The van der Waals surface area contributed by atoms with Crippen molar-refractivity contribution in [3.63, 3.8) is 0 Å². The van der Waals surface area contributed by atoms with Crippen molar-refractivity contribution in [3.8, 4) is 0 Å². The Balaban J connectivity index is 2.00. The molecule has 3 nitrogen and oxygen atoms in total. The SMILES string of the molecule is CC1(C)C(C=C(Cl)C(F)(F)F)C1C(=O)OCc1ccnc(F)c1. The summed E-state index contributed by atoms with van der Waals surface area (Å²) in [5.74, 6) is -2.72. The van der Waals surface area contributed by atoms with Gasteiger partial charge in [0.05, 0.1) is 5.92 Å². The van der Waals surface area contributed by atoms with E-state index in [9.17, 15) is 22.4 Å². The molecule has 1 saturated carbocycles. The topological polar surface area (TPSA) is 39.2 Å². The zero-order chi connectivity index (χ0) is 17.4. The molecule has 0 spiro atoms. The molecule has 0 saturated heterocycles. The first-order valence-corrected chi connectivity index (χ1v) is 7.13. The van der Waals surface area contributed by atoms with Crippen molar-refractivity contribution in [2.45, 2.75) is 26.6 Å². The second-order valence-corrected chi connectivity index (χ2v) is 6.34. The highest BCUT2D eigenvalue weighted by atomic mass is 35.5. The van der Waals surface area contributed by atoms with Crippen LogP contribution >= 0.6 is 11.6 Å². The average molecular weight is 352 g/mol. The summed E-state index contributed by atoms with van der Waals surface area (Å²) < 4.78 is 55.4. The molecule has 0 aromatic carbocycles. The van der Waals surface area contributed by atoms with Gasteiger partial charge in [-0.05, 0) is 29.0 Å². The fraction of sp³-hybridized carbons (Fsp3) is 0.467. The number of aromatic nitrogens is 1. The lowest BCUT2D eigenvalue weighted by molar-refractivity contribution is -0.147. The van der Waals surface area contributed by atoms with Gasteiger partial charge in [0.2, 0.25) is 5.95 Å². The third-order valence-electron chi connectivity index (χ3n) is 3.93. The van der Waals surface area contributed by atoms with Crippen molar-refractivity contribution in [2.24, 2.45) is 17.3 Å². The first-order chi connectivity index (χ1) is 10.5. The Morgan fingerprint density at radius 1 is 1.48 bits per heavy atom. The first kappa shape index (κ1) is 17.7. The van der Waals surface area contributed by atoms with Gasteiger partial charge < -0.3 is 4.74 Å². The van der Waals surface area contributed by atoms with Crippen molar-refractivity contribution in [1.29, 1.82) is 0 Å². The summed E-state index contributed by atoms with van der Waals surface area (Å²) in [4.78, 5) is 15.4. The largest absolute Gasteiger partial charge is 0.461 e. The summed E-state index contributed by atoms with van der Waals surface area (Å²) in [5.41, 5.74) is -0.267. The highest BCUT2D eigenvalue weighted by molar-refractivity contribution is 6.30. The summed E-state index contributed by atoms with van der Waals surface area (Å²) in [6, 6.07) is 2.59. The van der Waals surface area contributed by atoms with Gasteiger partial charge in [0.25, 0.3) is 0 Å². The minimum atomic E-state index is -4.64. The lowest BCUT2D eigenvalue weighted by Gasteiger charge is -2.05. The number of esters is 1. The van der Waals surface area contributed by atoms with Gasteiger partial charge in [-0.2, -0.15) is 17.6 Å². The summed E-state index contributed by atoms with van der Waals surface area (Å²) in [5, 5.41) is -1.25. The smallest absolute Gasteiger partial charge is 0.426 e. The predicted molar refractivity (Wildman–Crippen MR) is 74.7 cm³/mol. The molecule has 0 radical (unpaired) electrons. The molecule has 2 atom stereocenters. The minimum Gasteiger partial charge on any atom is -0.461 e. The van der Waals surface area contributed by atoms with E-state index >= 15 is 0 Å². The van der Waals surface area contributed by atoms with E-state index in [-0.39, 0.29) is 6.61 Å². The van der Waals surface area contributed by atoms with Gasteiger partial charge in [0.15, 0.2) is 0 Å². The van der Waals surface area contributed by atoms with Crippen LogP contribution in [-0.4, -0.2) is 17.1 Å². The first-order valence-electron chi connectivity index (χ1n) is 6.75. The fourth-order valence-corrected chi connectivity index (χ4v) is 2.60. The van der Waals surface area contributed by atoms with Crippen LogP contribution in [0, 0.1) is 23.2 Å². The number of rotatable bonds is 4. The molecule has 1 aliphatic carbocycles. The Labute approximate surface area is 135 Å². The number of alkyl halides is 3. The highest BCUT2D eigenvalue weighted by Crippen LogP contribution is 2.60. The highest BCUT2D eigenvalue weighted by Gasteiger charge is 2.62. The maximum absolute atomic E-state index is 12.9. The number of ether oxygens (including phenoxy) is 1. The van der Waals surface area contributed by atoms with Crippen LogP contribution in [-0.2, 0) is 16.1 Å². The molecule has 2 rings (SSSR count). The number of carbonyl (C=O) groups is 1. The third kappa shape index (κ3) is 4.02.